The number of nitrogens with zero attached hydrogens (tertiary/aromatic N) is 2. The molecule has 0 unspecified atom stereocenters. The van der Waals surface area contributed by atoms with Gasteiger partial charge >= 0.3 is 0 Å². The molecule has 1 aromatic heterocycles. The Kier molecular flexibility index (Phi) is 6.22. The summed E-state index contributed by atoms with van der Waals surface area (Å²) in [6.07, 6.45) is -0.639. The highest BCUT2D eigenvalue weighted by Crippen LogP contribution is 2.40. The molecule has 1 aliphatic rings. The summed E-state index contributed by atoms with van der Waals surface area (Å²) in [5.74, 6) is -0.0732. The fourth-order valence-electron chi connectivity index (χ4n) is 2.28. The molecule has 0 bridgehead atoms. The van der Waals surface area contributed by atoms with Crippen molar-refractivity contribution < 1.29 is 31.4 Å². The molecule has 142 valence electrons. The number of rotatable bonds is 6. The number of sulfonamides is 2. The lowest BCUT2D eigenvalue weighted by Crippen LogP contribution is -2.39. The molecule has 2 rings (SSSR count). The number of thiophene rings is 1. The molecule has 0 saturated heterocycles. The van der Waals surface area contributed by atoms with Crippen molar-refractivity contribution in [2.45, 2.75) is 27.9 Å². The molecule has 0 aliphatic carbocycles. The second-order valence-corrected chi connectivity index (χ2v) is 10.3. The quantitative estimate of drug-likeness (QED) is 0.412. The average molecular weight is 413 g/mol. The summed E-state index contributed by atoms with van der Waals surface area (Å²) in [6.45, 7) is 1.79. The molecule has 0 amide bonds. The predicted octanol–water partition coefficient (Wildman–Crippen LogP) is 0.576. The molecule has 0 fully saturated rings. The Morgan fingerprint density at radius 3 is 2.76 bits per heavy atom. The first-order valence-corrected chi connectivity index (χ1v) is 11.0. The first kappa shape index (κ1) is 20.3. The Hall–Kier alpha value is -1.05. The van der Waals surface area contributed by atoms with Crippen LogP contribution < -0.4 is 0 Å². The molecule has 25 heavy (non-hydrogen) atoms. The van der Waals surface area contributed by atoms with Crippen molar-refractivity contribution in [2.24, 2.45) is 4.40 Å². The molecule has 0 aromatic carbocycles. The number of ether oxygens (including phenoxy) is 2. The fraction of sp³-hybridized carbons (Fsp3) is 0.615. The third kappa shape index (κ3) is 4.20. The maximum Gasteiger partial charge on any atom is 0.294 e. The van der Waals surface area contributed by atoms with Crippen LogP contribution in [0.4, 0.5) is 0 Å². The van der Waals surface area contributed by atoms with E-state index in [1.165, 1.54) is 21.1 Å². The van der Waals surface area contributed by atoms with Gasteiger partial charge in [0, 0.05) is 39.3 Å². The highest BCUT2D eigenvalue weighted by molar-refractivity contribution is 7.94. The normalized spacial score (nSPS) is 21.1. The minimum absolute atomic E-state index is 0.0732. The van der Waals surface area contributed by atoms with E-state index in [1.807, 2.05) is 0 Å². The van der Waals surface area contributed by atoms with Crippen molar-refractivity contribution in [2.75, 3.05) is 33.9 Å². The summed E-state index contributed by atoms with van der Waals surface area (Å²) in [4.78, 5) is 0. The van der Waals surface area contributed by atoms with Crippen LogP contribution in [0.2, 0.25) is 0 Å². The monoisotopic (exact) mass is 412 g/mol. The van der Waals surface area contributed by atoms with Crippen LogP contribution >= 0.6 is 11.3 Å². The summed E-state index contributed by atoms with van der Waals surface area (Å²) in [5, 5.41) is 10.2. The van der Waals surface area contributed by atoms with Gasteiger partial charge in [-0.05, 0) is 12.5 Å². The molecule has 0 spiro atoms. The van der Waals surface area contributed by atoms with Gasteiger partial charge < -0.3 is 14.6 Å². The molecule has 0 saturated carbocycles. The van der Waals surface area contributed by atoms with E-state index in [4.69, 9.17) is 9.47 Å². The van der Waals surface area contributed by atoms with Crippen LogP contribution in [0.25, 0.3) is 0 Å². The SMILES string of the molecule is COCCCN1C[C@@H](O)c2cc(S(=O)(=O)/N=C(\C)OC)sc2S1(=O)=O. The average Bonchev–Trinajstić information content (AvgIpc) is 3.00. The predicted molar refractivity (Wildman–Crippen MR) is 91.8 cm³/mol. The van der Waals surface area contributed by atoms with Crippen molar-refractivity contribution in [3.8, 4) is 0 Å². The van der Waals surface area contributed by atoms with Gasteiger partial charge in [0.25, 0.3) is 20.0 Å². The molecule has 1 atom stereocenters. The molecule has 1 aliphatic heterocycles. The van der Waals surface area contributed by atoms with Crippen molar-refractivity contribution in [3.63, 3.8) is 0 Å². The van der Waals surface area contributed by atoms with Crippen molar-refractivity contribution in [1.82, 2.24) is 4.31 Å². The number of methoxy groups -OCH3 is 2. The van der Waals surface area contributed by atoms with Crippen LogP contribution in [0.3, 0.4) is 0 Å². The van der Waals surface area contributed by atoms with Gasteiger partial charge in [-0.2, -0.15) is 12.7 Å². The van der Waals surface area contributed by atoms with E-state index in [0.29, 0.717) is 24.4 Å². The topological polar surface area (TPSA) is 123 Å². The van der Waals surface area contributed by atoms with Crippen LogP contribution in [0, 0.1) is 0 Å². The van der Waals surface area contributed by atoms with Gasteiger partial charge in [-0.3, -0.25) is 0 Å². The lowest BCUT2D eigenvalue weighted by Gasteiger charge is -2.29. The second kappa shape index (κ2) is 7.68. The highest BCUT2D eigenvalue weighted by atomic mass is 32.3. The largest absolute Gasteiger partial charge is 0.484 e. The molecule has 1 aromatic rings. The molecule has 9 nitrogen and oxygen atoms in total. The van der Waals surface area contributed by atoms with E-state index in [-0.39, 0.29) is 33.0 Å². The van der Waals surface area contributed by atoms with Crippen LogP contribution in [0.15, 0.2) is 18.9 Å². The van der Waals surface area contributed by atoms with Gasteiger partial charge in [0.2, 0.25) is 0 Å². The Balaban J connectivity index is 2.43. The smallest absolute Gasteiger partial charge is 0.294 e. The maximum atomic E-state index is 12.7. The maximum absolute atomic E-state index is 12.7. The number of aliphatic hydroxyl groups excluding tert-OH is 1. The van der Waals surface area contributed by atoms with E-state index in [1.54, 1.807) is 0 Å². The number of fused-ring (bicyclic) bond motifs is 1. The summed E-state index contributed by atoms with van der Waals surface area (Å²) < 4.78 is 63.7. The summed E-state index contributed by atoms with van der Waals surface area (Å²) in [6, 6.07) is 1.16. The minimum Gasteiger partial charge on any atom is -0.484 e. The van der Waals surface area contributed by atoms with E-state index in [2.05, 4.69) is 4.40 Å². The second-order valence-electron chi connectivity index (χ2n) is 5.32. The van der Waals surface area contributed by atoms with Crippen LogP contribution in [-0.2, 0) is 29.5 Å². The van der Waals surface area contributed by atoms with Crippen LogP contribution in [-0.4, -0.2) is 66.1 Å². The zero-order chi connectivity index (χ0) is 18.8. The Morgan fingerprint density at radius 2 is 2.16 bits per heavy atom. The van der Waals surface area contributed by atoms with E-state index in [9.17, 15) is 21.9 Å². The van der Waals surface area contributed by atoms with Gasteiger partial charge in [0.05, 0.1) is 13.2 Å². The first-order chi connectivity index (χ1) is 11.6. The zero-order valence-electron chi connectivity index (χ0n) is 14.0. The molecule has 2 heterocycles. The highest BCUT2D eigenvalue weighted by Gasteiger charge is 2.39. The Bertz CT molecular complexity index is 858. The number of hydrogen-bond acceptors (Lipinski definition) is 8. The molecular formula is C13H20N2O7S3. The lowest BCUT2D eigenvalue weighted by atomic mass is 10.2. The summed E-state index contributed by atoms with van der Waals surface area (Å²) in [5.41, 5.74) is 0.0804. The van der Waals surface area contributed by atoms with Crippen molar-refractivity contribution in [3.05, 3.63) is 11.6 Å². The van der Waals surface area contributed by atoms with E-state index < -0.39 is 26.2 Å². The molecule has 1 N–H and O–H groups in total. The van der Waals surface area contributed by atoms with Gasteiger partial charge in [0.1, 0.15) is 8.42 Å². The van der Waals surface area contributed by atoms with E-state index in [0.717, 1.165) is 10.4 Å². The van der Waals surface area contributed by atoms with Gasteiger partial charge in [0.15, 0.2) is 5.90 Å². The Morgan fingerprint density at radius 1 is 1.48 bits per heavy atom. The lowest BCUT2D eigenvalue weighted by molar-refractivity contribution is 0.131. The van der Waals surface area contributed by atoms with Crippen molar-refractivity contribution >= 4 is 37.3 Å². The van der Waals surface area contributed by atoms with Gasteiger partial charge in [-0.15, -0.1) is 15.7 Å². The molecular weight excluding hydrogens is 392 g/mol. The fourth-order valence-corrected chi connectivity index (χ4v) is 7.12. The van der Waals surface area contributed by atoms with Gasteiger partial charge in [-0.25, -0.2) is 8.42 Å². The van der Waals surface area contributed by atoms with Crippen LogP contribution in [0.5, 0.6) is 0 Å². The number of hydrogen-bond donors (Lipinski definition) is 1. The van der Waals surface area contributed by atoms with Crippen LogP contribution in [0.1, 0.15) is 25.0 Å². The zero-order valence-corrected chi connectivity index (χ0v) is 16.4. The van der Waals surface area contributed by atoms with Crippen molar-refractivity contribution in [1.29, 1.82) is 0 Å². The third-order valence-corrected chi connectivity index (χ3v) is 8.91. The minimum atomic E-state index is -4.11. The standard InChI is InChI=1S/C13H20N2O7S3/c1-9(22-3)14-24(17,18)12-7-10-11(16)8-15(5-4-6-21-2)25(19,20)13(10)23-12/h7,11,16H,4-6,8H2,1-3H3/b14-9+/t11-/m1/s1. The summed E-state index contributed by atoms with van der Waals surface area (Å²) >= 11 is 0.577. The summed E-state index contributed by atoms with van der Waals surface area (Å²) in [7, 11) is -5.20. The molecule has 12 heteroatoms. The number of β-amino-alcohol motifs (C(OH)–C–C–N with tert-alkyl or cyclic N) is 1. The number of aliphatic hydroxyl groups is 1. The Labute approximate surface area is 151 Å². The third-order valence-electron chi connectivity index (χ3n) is 3.57. The molecule has 0 radical (unpaired) electrons. The van der Waals surface area contributed by atoms with E-state index >= 15 is 0 Å². The van der Waals surface area contributed by atoms with Gasteiger partial charge in [-0.1, -0.05) is 0 Å². The first-order valence-electron chi connectivity index (χ1n) is 7.30.